The predicted octanol–water partition coefficient (Wildman–Crippen LogP) is 2.30. The third kappa shape index (κ3) is 1.83. The van der Waals surface area contributed by atoms with Crippen molar-refractivity contribution in [1.29, 1.82) is 0 Å². The number of piperidine rings is 1. The van der Waals surface area contributed by atoms with E-state index in [4.69, 9.17) is 0 Å². The summed E-state index contributed by atoms with van der Waals surface area (Å²) in [5, 5.41) is 9.83. The molecule has 0 spiro atoms. The summed E-state index contributed by atoms with van der Waals surface area (Å²) < 4.78 is 0. The number of fused-ring (bicyclic) bond motifs is 2. The lowest BCUT2D eigenvalue weighted by Crippen LogP contribution is -2.45. The van der Waals surface area contributed by atoms with E-state index < -0.39 is 0 Å². The largest absolute Gasteiger partial charge is 0.393 e. The number of nitrogens with zero attached hydrogens (tertiary/aromatic N) is 1. The van der Waals surface area contributed by atoms with Gasteiger partial charge in [0, 0.05) is 23.3 Å². The van der Waals surface area contributed by atoms with Gasteiger partial charge in [-0.1, -0.05) is 0 Å². The van der Waals surface area contributed by atoms with Gasteiger partial charge in [0.1, 0.15) is 6.29 Å². The molecule has 3 heteroatoms. The molecule has 2 aliphatic heterocycles. The molecule has 2 aliphatic rings. The van der Waals surface area contributed by atoms with Crippen molar-refractivity contribution in [3.8, 4) is 0 Å². The number of aliphatic hydroxyl groups excluding tert-OH is 1. The second-order valence-electron chi connectivity index (χ2n) is 5.58. The smallest absolute Gasteiger partial charge is 0.150 e. The first kappa shape index (κ1) is 11.7. The number of aldehydes is 1. The highest BCUT2D eigenvalue weighted by atomic mass is 16.3. The van der Waals surface area contributed by atoms with Crippen LogP contribution in [0.5, 0.6) is 0 Å². The van der Waals surface area contributed by atoms with Gasteiger partial charge < -0.3 is 10.0 Å². The fourth-order valence-electron chi connectivity index (χ4n) is 3.58. The third-order valence-electron chi connectivity index (χ3n) is 4.34. The minimum atomic E-state index is -0.131. The lowest BCUT2D eigenvalue weighted by molar-refractivity contribution is 0.112. The highest BCUT2D eigenvalue weighted by Crippen LogP contribution is 2.40. The number of aryl methyl sites for hydroxylation is 1. The zero-order chi connectivity index (χ0) is 12.7. The second kappa shape index (κ2) is 4.39. The molecule has 3 rings (SSSR count). The van der Waals surface area contributed by atoms with Gasteiger partial charge in [-0.2, -0.15) is 0 Å². The molecule has 1 aromatic carbocycles. The molecular weight excluding hydrogens is 226 g/mol. The zero-order valence-corrected chi connectivity index (χ0v) is 10.7. The molecule has 18 heavy (non-hydrogen) atoms. The molecule has 2 atom stereocenters. The first-order valence-corrected chi connectivity index (χ1v) is 6.71. The number of anilines is 1. The predicted molar refractivity (Wildman–Crippen MR) is 71.1 cm³/mol. The van der Waals surface area contributed by atoms with Crippen LogP contribution in [0.2, 0.25) is 0 Å². The first-order valence-electron chi connectivity index (χ1n) is 6.71. The van der Waals surface area contributed by atoms with Crippen LogP contribution in [-0.4, -0.2) is 29.6 Å². The molecule has 2 fully saturated rings. The topological polar surface area (TPSA) is 40.5 Å². The second-order valence-corrected chi connectivity index (χ2v) is 5.58. The molecular formula is C15H19NO2. The van der Waals surface area contributed by atoms with E-state index in [1.54, 1.807) is 0 Å². The van der Waals surface area contributed by atoms with E-state index in [0.717, 1.165) is 30.3 Å². The Bertz CT molecular complexity index is 458. The number of carbonyl (C=O) groups is 1. The van der Waals surface area contributed by atoms with Gasteiger partial charge in [-0.15, -0.1) is 0 Å². The Labute approximate surface area is 107 Å². The van der Waals surface area contributed by atoms with Crippen LogP contribution in [0.3, 0.4) is 0 Å². The number of rotatable bonds is 2. The van der Waals surface area contributed by atoms with Crippen molar-refractivity contribution < 1.29 is 9.90 Å². The van der Waals surface area contributed by atoms with Crippen molar-refractivity contribution in [3.05, 3.63) is 29.3 Å². The number of hydrogen-bond donors (Lipinski definition) is 1. The lowest BCUT2D eigenvalue weighted by Gasteiger charge is -2.39. The molecule has 3 nitrogen and oxygen atoms in total. The van der Waals surface area contributed by atoms with Gasteiger partial charge in [0.05, 0.1) is 6.10 Å². The van der Waals surface area contributed by atoms with Crippen molar-refractivity contribution in [2.45, 2.75) is 50.8 Å². The lowest BCUT2D eigenvalue weighted by atomic mass is 9.97. The molecule has 0 amide bonds. The van der Waals surface area contributed by atoms with Crippen LogP contribution in [0.15, 0.2) is 18.2 Å². The summed E-state index contributed by atoms with van der Waals surface area (Å²) in [6.45, 7) is 2.06. The molecule has 0 saturated carbocycles. The van der Waals surface area contributed by atoms with Gasteiger partial charge in [0.15, 0.2) is 0 Å². The van der Waals surface area contributed by atoms with Crippen LogP contribution in [0, 0.1) is 6.92 Å². The maximum atomic E-state index is 10.8. The quantitative estimate of drug-likeness (QED) is 0.813. The van der Waals surface area contributed by atoms with E-state index in [0.29, 0.717) is 12.1 Å². The molecule has 2 heterocycles. The van der Waals surface area contributed by atoms with Crippen LogP contribution >= 0.6 is 0 Å². The fourth-order valence-corrected chi connectivity index (χ4v) is 3.58. The summed E-state index contributed by atoms with van der Waals surface area (Å²) in [4.78, 5) is 13.3. The van der Waals surface area contributed by atoms with Crippen LogP contribution in [0.25, 0.3) is 0 Å². The van der Waals surface area contributed by atoms with Gasteiger partial charge in [-0.3, -0.25) is 4.79 Å². The van der Waals surface area contributed by atoms with Crippen molar-refractivity contribution in [2.24, 2.45) is 0 Å². The van der Waals surface area contributed by atoms with Gasteiger partial charge in [0.2, 0.25) is 0 Å². The maximum Gasteiger partial charge on any atom is 0.150 e. The summed E-state index contributed by atoms with van der Waals surface area (Å²) in [6.07, 6.45) is 4.88. The number of carbonyl (C=O) groups excluding carboxylic acids is 1. The van der Waals surface area contributed by atoms with Gasteiger partial charge >= 0.3 is 0 Å². The summed E-state index contributed by atoms with van der Waals surface area (Å²) in [5.41, 5.74) is 3.13. The van der Waals surface area contributed by atoms with E-state index in [-0.39, 0.29) is 6.10 Å². The molecule has 2 bridgehead atoms. The van der Waals surface area contributed by atoms with Crippen LogP contribution in [0.4, 0.5) is 5.69 Å². The molecule has 2 unspecified atom stereocenters. The highest BCUT2D eigenvalue weighted by molar-refractivity contribution is 5.77. The summed E-state index contributed by atoms with van der Waals surface area (Å²) >= 11 is 0. The molecule has 2 saturated heterocycles. The van der Waals surface area contributed by atoms with Crippen LogP contribution < -0.4 is 4.90 Å². The van der Waals surface area contributed by atoms with Crippen molar-refractivity contribution in [1.82, 2.24) is 0 Å². The third-order valence-corrected chi connectivity index (χ3v) is 4.34. The van der Waals surface area contributed by atoms with Gasteiger partial charge in [-0.25, -0.2) is 0 Å². The Morgan fingerprint density at radius 3 is 2.50 bits per heavy atom. The van der Waals surface area contributed by atoms with E-state index in [2.05, 4.69) is 17.9 Å². The minimum absolute atomic E-state index is 0.131. The summed E-state index contributed by atoms with van der Waals surface area (Å²) in [7, 11) is 0. The van der Waals surface area contributed by atoms with E-state index in [1.165, 1.54) is 18.5 Å². The van der Waals surface area contributed by atoms with Gasteiger partial charge in [0.25, 0.3) is 0 Å². The van der Waals surface area contributed by atoms with Crippen molar-refractivity contribution in [2.75, 3.05) is 4.90 Å². The van der Waals surface area contributed by atoms with E-state index in [9.17, 15) is 9.90 Å². The Balaban J connectivity index is 1.94. The molecule has 0 aliphatic carbocycles. The maximum absolute atomic E-state index is 10.8. The molecule has 0 radical (unpaired) electrons. The average molecular weight is 245 g/mol. The van der Waals surface area contributed by atoms with E-state index >= 15 is 0 Å². The summed E-state index contributed by atoms with van der Waals surface area (Å²) in [5.74, 6) is 0. The zero-order valence-electron chi connectivity index (χ0n) is 10.7. The van der Waals surface area contributed by atoms with Crippen LogP contribution in [-0.2, 0) is 0 Å². The van der Waals surface area contributed by atoms with Crippen molar-refractivity contribution in [3.63, 3.8) is 0 Å². The van der Waals surface area contributed by atoms with Crippen LogP contribution in [0.1, 0.15) is 41.6 Å². The Morgan fingerprint density at radius 2 is 1.94 bits per heavy atom. The monoisotopic (exact) mass is 245 g/mol. The highest BCUT2D eigenvalue weighted by Gasteiger charge is 2.40. The van der Waals surface area contributed by atoms with Crippen molar-refractivity contribution >= 4 is 12.0 Å². The molecule has 0 aromatic heterocycles. The molecule has 96 valence electrons. The minimum Gasteiger partial charge on any atom is -0.393 e. The normalized spacial score (nSPS) is 30.6. The number of aliphatic hydroxyl groups is 1. The average Bonchev–Trinajstić information content (AvgIpc) is 2.61. The van der Waals surface area contributed by atoms with Gasteiger partial charge in [-0.05, 0) is 56.4 Å². The standard InChI is InChI=1S/C15H19NO2/c1-10-6-11(9-17)2-5-15(10)16-12-3-4-13(16)8-14(18)7-12/h2,5-6,9,12-14,18H,3-4,7-8H2,1H3. The first-order chi connectivity index (χ1) is 8.69. The molecule has 1 N–H and O–H groups in total. The SMILES string of the molecule is Cc1cc(C=O)ccc1N1C2CCC1CC(O)C2. The Hall–Kier alpha value is -1.35. The number of hydrogen-bond acceptors (Lipinski definition) is 3. The molecule has 1 aromatic rings. The summed E-state index contributed by atoms with van der Waals surface area (Å²) in [6, 6.07) is 6.84. The Morgan fingerprint density at radius 1 is 1.28 bits per heavy atom. The number of benzene rings is 1. The fraction of sp³-hybridized carbons (Fsp3) is 0.533. The Kier molecular flexibility index (Phi) is 2.86. The van der Waals surface area contributed by atoms with E-state index in [1.807, 2.05) is 12.1 Å².